The first-order valence-electron chi connectivity index (χ1n) is 5.62. The van der Waals surface area contributed by atoms with Crippen molar-refractivity contribution in [1.82, 2.24) is 10.2 Å². The maximum atomic E-state index is 11.8. The van der Waals surface area contributed by atoms with Crippen LogP contribution in [-0.4, -0.2) is 16.1 Å². The summed E-state index contributed by atoms with van der Waals surface area (Å²) in [6.45, 7) is 5.76. The lowest BCUT2D eigenvalue weighted by atomic mass is 10.2. The molecule has 4 nitrogen and oxygen atoms in total. The number of aryl methyl sites for hydroxylation is 3. The highest BCUT2D eigenvalue weighted by atomic mass is 32.1. The molecule has 0 bridgehead atoms. The Morgan fingerprint density at radius 3 is 2.78 bits per heavy atom. The van der Waals surface area contributed by atoms with Gasteiger partial charge >= 0.3 is 0 Å². The summed E-state index contributed by atoms with van der Waals surface area (Å²) in [4.78, 5) is 12.9. The van der Waals surface area contributed by atoms with Crippen molar-refractivity contribution in [1.29, 1.82) is 0 Å². The fourth-order valence-corrected chi connectivity index (χ4v) is 2.43. The first-order chi connectivity index (χ1) is 8.58. The van der Waals surface area contributed by atoms with Crippen molar-refractivity contribution >= 4 is 29.0 Å². The Labute approximate surface area is 110 Å². The number of H-pyrrole nitrogens is 1. The Morgan fingerprint density at radius 2 is 2.22 bits per heavy atom. The van der Waals surface area contributed by atoms with Crippen LogP contribution >= 0.6 is 11.3 Å². The molecule has 0 aliphatic rings. The van der Waals surface area contributed by atoms with E-state index in [0.29, 0.717) is 0 Å². The Hall–Kier alpha value is -1.88. The minimum atomic E-state index is -0.143. The third-order valence-corrected chi connectivity index (χ3v) is 3.65. The SMILES string of the molecule is Cc1ccsc1/C=C/C(=O)Nc1c(C)n[nH]c1C. The molecule has 0 fully saturated rings. The molecule has 0 spiro atoms. The number of aromatic amines is 1. The summed E-state index contributed by atoms with van der Waals surface area (Å²) >= 11 is 1.62. The summed E-state index contributed by atoms with van der Waals surface area (Å²) in [7, 11) is 0. The fourth-order valence-electron chi connectivity index (χ4n) is 1.61. The van der Waals surface area contributed by atoms with Crippen LogP contribution in [0.4, 0.5) is 5.69 Å². The molecule has 18 heavy (non-hydrogen) atoms. The van der Waals surface area contributed by atoms with Gasteiger partial charge in [-0.2, -0.15) is 5.10 Å². The van der Waals surface area contributed by atoms with Gasteiger partial charge in [0, 0.05) is 11.0 Å². The zero-order valence-corrected chi connectivity index (χ0v) is 11.4. The van der Waals surface area contributed by atoms with Gasteiger partial charge in [0.2, 0.25) is 5.91 Å². The molecule has 0 aromatic carbocycles. The summed E-state index contributed by atoms with van der Waals surface area (Å²) < 4.78 is 0. The molecule has 2 N–H and O–H groups in total. The molecule has 2 aromatic heterocycles. The molecule has 0 saturated heterocycles. The summed E-state index contributed by atoms with van der Waals surface area (Å²) in [6, 6.07) is 2.03. The maximum absolute atomic E-state index is 11.8. The summed E-state index contributed by atoms with van der Waals surface area (Å²) in [5, 5.41) is 11.7. The zero-order chi connectivity index (χ0) is 13.1. The predicted octanol–water partition coefficient (Wildman–Crippen LogP) is 3.05. The van der Waals surface area contributed by atoms with Crippen molar-refractivity contribution in [2.45, 2.75) is 20.8 Å². The smallest absolute Gasteiger partial charge is 0.248 e. The monoisotopic (exact) mass is 261 g/mol. The van der Waals surface area contributed by atoms with Crippen molar-refractivity contribution in [3.63, 3.8) is 0 Å². The Morgan fingerprint density at radius 1 is 1.44 bits per heavy atom. The van der Waals surface area contributed by atoms with Crippen LogP contribution in [0.25, 0.3) is 6.08 Å². The normalized spacial score (nSPS) is 11.1. The number of carbonyl (C=O) groups excluding carboxylic acids is 1. The number of aromatic nitrogens is 2. The van der Waals surface area contributed by atoms with Gasteiger partial charge in [-0.3, -0.25) is 9.89 Å². The third kappa shape index (κ3) is 2.68. The molecule has 0 aliphatic carbocycles. The summed E-state index contributed by atoms with van der Waals surface area (Å²) in [6.07, 6.45) is 3.38. The van der Waals surface area contributed by atoms with Gasteiger partial charge in [-0.15, -0.1) is 11.3 Å². The van der Waals surface area contributed by atoms with Crippen LogP contribution in [0.15, 0.2) is 17.5 Å². The van der Waals surface area contributed by atoms with Crippen LogP contribution in [-0.2, 0) is 4.79 Å². The molecule has 0 aliphatic heterocycles. The predicted molar refractivity (Wildman–Crippen MR) is 74.8 cm³/mol. The van der Waals surface area contributed by atoms with Crippen molar-refractivity contribution in [3.8, 4) is 0 Å². The van der Waals surface area contributed by atoms with Gasteiger partial charge in [-0.05, 0) is 43.9 Å². The van der Waals surface area contributed by atoms with Crippen LogP contribution in [0.3, 0.4) is 0 Å². The molecule has 0 atom stereocenters. The largest absolute Gasteiger partial charge is 0.319 e. The van der Waals surface area contributed by atoms with Crippen LogP contribution in [0.5, 0.6) is 0 Å². The number of carbonyl (C=O) groups is 1. The molecule has 2 heterocycles. The Kier molecular flexibility index (Phi) is 3.62. The lowest BCUT2D eigenvalue weighted by Crippen LogP contribution is -2.09. The van der Waals surface area contributed by atoms with E-state index in [-0.39, 0.29) is 5.91 Å². The zero-order valence-electron chi connectivity index (χ0n) is 10.6. The van der Waals surface area contributed by atoms with Crippen molar-refractivity contribution in [3.05, 3.63) is 39.4 Å². The second kappa shape index (κ2) is 5.18. The van der Waals surface area contributed by atoms with E-state index in [0.717, 1.165) is 22.0 Å². The number of thiophene rings is 1. The third-order valence-electron chi connectivity index (χ3n) is 2.66. The molecule has 0 saturated carbocycles. The maximum Gasteiger partial charge on any atom is 0.248 e. The molecule has 2 aromatic rings. The standard InChI is InChI=1S/C13H15N3OS/c1-8-6-7-18-11(8)4-5-12(17)14-13-9(2)15-16-10(13)3/h4-7H,1-3H3,(H,14,17)(H,15,16)/b5-4+. The van der Waals surface area contributed by atoms with Crippen molar-refractivity contribution in [2.24, 2.45) is 0 Å². The van der Waals surface area contributed by atoms with Gasteiger partial charge < -0.3 is 5.32 Å². The van der Waals surface area contributed by atoms with E-state index < -0.39 is 0 Å². The molecular formula is C13H15N3OS. The van der Waals surface area contributed by atoms with Crippen LogP contribution in [0, 0.1) is 20.8 Å². The van der Waals surface area contributed by atoms with Crippen LogP contribution in [0.2, 0.25) is 0 Å². The minimum absolute atomic E-state index is 0.143. The van der Waals surface area contributed by atoms with Gasteiger partial charge in [0.05, 0.1) is 17.1 Å². The number of nitrogens with one attached hydrogen (secondary N) is 2. The van der Waals surface area contributed by atoms with Crippen molar-refractivity contribution in [2.75, 3.05) is 5.32 Å². The summed E-state index contributed by atoms with van der Waals surface area (Å²) in [5.41, 5.74) is 3.59. The van der Waals surface area contributed by atoms with Crippen LogP contribution in [0.1, 0.15) is 21.8 Å². The second-order valence-electron chi connectivity index (χ2n) is 4.10. The minimum Gasteiger partial charge on any atom is -0.319 e. The molecule has 94 valence electrons. The average Bonchev–Trinajstić information content (AvgIpc) is 2.87. The lowest BCUT2D eigenvalue weighted by molar-refractivity contribution is -0.111. The molecule has 0 unspecified atom stereocenters. The first kappa shape index (κ1) is 12.6. The van der Waals surface area contributed by atoms with E-state index in [9.17, 15) is 4.79 Å². The fraction of sp³-hybridized carbons (Fsp3) is 0.231. The number of hydrogen-bond acceptors (Lipinski definition) is 3. The van der Waals surface area contributed by atoms with Crippen molar-refractivity contribution < 1.29 is 4.79 Å². The highest BCUT2D eigenvalue weighted by Crippen LogP contribution is 2.18. The van der Waals surface area contributed by atoms with Gasteiger partial charge in [0.25, 0.3) is 0 Å². The van der Waals surface area contributed by atoms with Gasteiger partial charge in [0.1, 0.15) is 0 Å². The quantitative estimate of drug-likeness (QED) is 0.834. The Bertz CT molecular complexity index is 576. The van der Waals surface area contributed by atoms with E-state index in [1.54, 1.807) is 17.4 Å². The second-order valence-corrected chi connectivity index (χ2v) is 5.05. The van der Waals surface area contributed by atoms with Crippen LogP contribution < -0.4 is 5.32 Å². The van der Waals surface area contributed by atoms with Gasteiger partial charge in [-0.25, -0.2) is 0 Å². The summed E-state index contributed by atoms with van der Waals surface area (Å²) in [5.74, 6) is -0.143. The number of anilines is 1. The van der Waals surface area contributed by atoms with E-state index in [1.165, 1.54) is 5.56 Å². The molecule has 5 heteroatoms. The van der Waals surface area contributed by atoms with E-state index in [2.05, 4.69) is 15.5 Å². The number of nitrogens with zero attached hydrogens (tertiary/aromatic N) is 1. The number of hydrogen-bond donors (Lipinski definition) is 2. The van der Waals surface area contributed by atoms with E-state index >= 15 is 0 Å². The molecule has 0 radical (unpaired) electrons. The van der Waals surface area contributed by atoms with E-state index in [1.807, 2.05) is 38.3 Å². The highest BCUT2D eigenvalue weighted by Gasteiger charge is 2.08. The first-order valence-corrected chi connectivity index (χ1v) is 6.50. The average molecular weight is 261 g/mol. The lowest BCUT2D eigenvalue weighted by Gasteiger charge is -2.01. The highest BCUT2D eigenvalue weighted by molar-refractivity contribution is 7.11. The van der Waals surface area contributed by atoms with Gasteiger partial charge in [0.15, 0.2) is 0 Å². The molecule has 2 rings (SSSR count). The Balaban J connectivity index is 2.06. The topological polar surface area (TPSA) is 57.8 Å². The molecular weight excluding hydrogens is 246 g/mol. The molecule has 1 amide bonds. The van der Waals surface area contributed by atoms with E-state index in [4.69, 9.17) is 0 Å². The van der Waals surface area contributed by atoms with Gasteiger partial charge in [-0.1, -0.05) is 0 Å². The number of rotatable bonds is 3. The number of amides is 1.